The lowest BCUT2D eigenvalue weighted by Crippen LogP contribution is -2.21. The molecular weight excluding hydrogens is 478 g/mol. The van der Waals surface area contributed by atoms with Crippen molar-refractivity contribution < 1.29 is 14.4 Å². The Labute approximate surface area is 209 Å². The van der Waals surface area contributed by atoms with Crippen LogP contribution >= 0.6 is 11.3 Å². The molecule has 4 aromatic rings. The van der Waals surface area contributed by atoms with E-state index < -0.39 is 5.91 Å². The van der Waals surface area contributed by atoms with Crippen LogP contribution in [0.2, 0.25) is 0 Å². The second-order valence-electron chi connectivity index (χ2n) is 8.71. The summed E-state index contributed by atoms with van der Waals surface area (Å²) in [6.07, 6.45) is 8.91. The van der Waals surface area contributed by atoms with Gasteiger partial charge in [0.15, 0.2) is 5.65 Å². The second-order valence-corrected chi connectivity index (χ2v) is 9.80. The van der Waals surface area contributed by atoms with Crippen molar-refractivity contribution in [2.45, 2.75) is 31.8 Å². The van der Waals surface area contributed by atoms with Gasteiger partial charge in [0.25, 0.3) is 11.8 Å². The van der Waals surface area contributed by atoms with Gasteiger partial charge < -0.3 is 10.6 Å². The fourth-order valence-corrected chi connectivity index (χ4v) is 4.81. The van der Waals surface area contributed by atoms with Crippen LogP contribution in [-0.2, 0) is 16.1 Å². The Morgan fingerprint density at radius 1 is 1.22 bits per heavy atom. The maximum Gasteiger partial charge on any atom is 0.261 e. The first-order valence-electron chi connectivity index (χ1n) is 11.5. The van der Waals surface area contributed by atoms with Crippen molar-refractivity contribution in [3.05, 3.63) is 70.5 Å². The summed E-state index contributed by atoms with van der Waals surface area (Å²) in [6, 6.07) is 9.70. The molecule has 3 amide bonds. The number of fused-ring (bicyclic) bond motifs is 1. The van der Waals surface area contributed by atoms with E-state index in [1.165, 1.54) is 11.3 Å². The zero-order valence-corrected chi connectivity index (χ0v) is 19.8. The zero-order valence-electron chi connectivity index (χ0n) is 19.0. The predicted octanol–water partition coefficient (Wildman–Crippen LogP) is 2.79. The van der Waals surface area contributed by atoms with E-state index in [2.05, 4.69) is 26.0 Å². The first kappa shape index (κ1) is 22.1. The Hall–Kier alpha value is -4.38. The highest BCUT2D eigenvalue weighted by atomic mass is 32.1. The summed E-state index contributed by atoms with van der Waals surface area (Å²) in [5.74, 6) is -0.100. The number of anilines is 1. The summed E-state index contributed by atoms with van der Waals surface area (Å²) >= 11 is 1.35. The second kappa shape index (κ2) is 9.00. The predicted molar refractivity (Wildman–Crippen MR) is 134 cm³/mol. The monoisotopic (exact) mass is 499 g/mol. The molecule has 0 spiro atoms. The van der Waals surface area contributed by atoms with Gasteiger partial charge in [-0.25, -0.2) is 4.98 Å². The lowest BCUT2D eigenvalue weighted by Gasteiger charge is -2.09. The van der Waals surface area contributed by atoms with E-state index in [-0.39, 0.29) is 18.2 Å². The lowest BCUT2D eigenvalue weighted by molar-refractivity contribution is -0.124. The van der Waals surface area contributed by atoms with Crippen LogP contribution in [0.5, 0.6) is 0 Å². The van der Waals surface area contributed by atoms with Gasteiger partial charge in [-0.1, -0.05) is 6.07 Å². The molecule has 2 aliphatic rings. The number of pyridine rings is 1. The molecule has 1 saturated heterocycles. The zero-order chi connectivity index (χ0) is 24.6. The van der Waals surface area contributed by atoms with Gasteiger partial charge in [0, 0.05) is 42.2 Å². The number of amides is 3. The maximum absolute atomic E-state index is 12.7. The molecule has 0 bridgehead atoms. The third-order valence-electron chi connectivity index (χ3n) is 5.91. The van der Waals surface area contributed by atoms with Crippen molar-refractivity contribution in [2.75, 3.05) is 5.32 Å². The number of hydrogen-bond donors (Lipinski definition) is 3. The van der Waals surface area contributed by atoms with E-state index in [9.17, 15) is 14.4 Å². The molecule has 10 nitrogen and oxygen atoms in total. The van der Waals surface area contributed by atoms with Crippen molar-refractivity contribution in [3.8, 4) is 10.6 Å². The molecule has 0 unspecified atom stereocenters. The molecule has 180 valence electrons. The summed E-state index contributed by atoms with van der Waals surface area (Å²) in [5.41, 5.74) is 3.19. The van der Waals surface area contributed by atoms with Gasteiger partial charge in [0.05, 0.1) is 28.1 Å². The van der Waals surface area contributed by atoms with Gasteiger partial charge >= 0.3 is 0 Å². The molecule has 0 radical (unpaired) electrons. The number of nitrogens with zero attached hydrogens (tertiary/aromatic N) is 4. The normalized spacial score (nSPS) is 16.5. The Kier molecular flexibility index (Phi) is 5.53. The Morgan fingerprint density at radius 2 is 2.11 bits per heavy atom. The van der Waals surface area contributed by atoms with Gasteiger partial charge in [-0.15, -0.1) is 11.3 Å². The largest absolute Gasteiger partial charge is 0.367 e. The van der Waals surface area contributed by atoms with Crippen LogP contribution in [0.4, 0.5) is 5.82 Å². The summed E-state index contributed by atoms with van der Waals surface area (Å²) in [4.78, 5) is 46.7. The van der Waals surface area contributed by atoms with Crippen LogP contribution in [0, 0.1) is 0 Å². The van der Waals surface area contributed by atoms with Gasteiger partial charge in [0.2, 0.25) is 5.91 Å². The number of rotatable bonds is 7. The van der Waals surface area contributed by atoms with Crippen molar-refractivity contribution in [3.63, 3.8) is 0 Å². The van der Waals surface area contributed by atoms with Crippen LogP contribution in [-0.4, -0.2) is 43.3 Å². The van der Waals surface area contributed by atoms with Crippen molar-refractivity contribution in [2.24, 2.45) is 0 Å². The smallest absolute Gasteiger partial charge is 0.261 e. The van der Waals surface area contributed by atoms with E-state index in [1.54, 1.807) is 35.2 Å². The van der Waals surface area contributed by atoms with Crippen LogP contribution in [0.1, 0.15) is 40.1 Å². The minimum atomic E-state index is -0.396. The van der Waals surface area contributed by atoms with E-state index >= 15 is 0 Å². The molecule has 6 rings (SSSR count). The highest BCUT2D eigenvalue weighted by molar-refractivity contribution is 7.17. The maximum atomic E-state index is 12.7. The van der Waals surface area contributed by atoms with E-state index in [0.29, 0.717) is 39.9 Å². The van der Waals surface area contributed by atoms with Gasteiger partial charge in [0.1, 0.15) is 5.82 Å². The minimum absolute atomic E-state index is 0.0332. The molecule has 11 heteroatoms. The number of nitrogens with one attached hydrogen (secondary N) is 3. The molecule has 2 fully saturated rings. The average molecular weight is 500 g/mol. The molecule has 0 atom stereocenters. The highest BCUT2D eigenvalue weighted by Gasteiger charge is 2.26. The van der Waals surface area contributed by atoms with Crippen LogP contribution < -0.4 is 16.0 Å². The van der Waals surface area contributed by atoms with Gasteiger partial charge in [-0.2, -0.15) is 9.61 Å². The third-order valence-corrected chi connectivity index (χ3v) is 7.02. The molecule has 1 aliphatic carbocycles. The van der Waals surface area contributed by atoms with Gasteiger partial charge in [-0.05, 0) is 42.7 Å². The first-order valence-corrected chi connectivity index (χ1v) is 12.3. The van der Waals surface area contributed by atoms with Crippen LogP contribution in [0.3, 0.4) is 0 Å². The van der Waals surface area contributed by atoms with E-state index in [4.69, 9.17) is 4.98 Å². The van der Waals surface area contributed by atoms with E-state index in [0.717, 1.165) is 29.1 Å². The van der Waals surface area contributed by atoms with Crippen LogP contribution in [0.25, 0.3) is 22.3 Å². The van der Waals surface area contributed by atoms with Crippen molar-refractivity contribution >= 4 is 46.6 Å². The number of aromatic nitrogens is 4. The summed E-state index contributed by atoms with van der Waals surface area (Å²) in [5, 5.41) is 13.2. The highest BCUT2D eigenvalue weighted by Crippen LogP contribution is 2.32. The Bertz CT molecular complexity index is 1540. The molecule has 5 heterocycles. The molecule has 1 aliphatic heterocycles. The Morgan fingerprint density at radius 3 is 2.86 bits per heavy atom. The number of carbonyl (C=O) groups is 3. The molecule has 1 saturated carbocycles. The third kappa shape index (κ3) is 4.48. The van der Waals surface area contributed by atoms with Crippen molar-refractivity contribution in [1.29, 1.82) is 0 Å². The average Bonchev–Trinajstić information content (AvgIpc) is 3.25. The minimum Gasteiger partial charge on any atom is -0.367 e. The topological polar surface area (TPSA) is 130 Å². The van der Waals surface area contributed by atoms with Gasteiger partial charge in [-0.3, -0.25) is 24.7 Å². The first-order chi connectivity index (χ1) is 17.5. The number of thiophene rings is 1. The molecule has 4 aromatic heterocycles. The summed E-state index contributed by atoms with van der Waals surface area (Å²) < 4.78 is 1.71. The fourth-order valence-electron chi connectivity index (χ4n) is 3.93. The standard InChI is InChI=1S/C25H21N7O3S/c33-22-9-15(24(34)31-22)8-16-13-28-32-21(29-17-3-4-17)10-18(30-23(16)32)19-5-6-20(36-19)25(35)27-12-14-2-1-7-26-11-14/h1-2,5-8,10-11,13,17,29H,3-4,9,12H2,(H,27,35)(H,31,33,34)/b15-8+. The summed E-state index contributed by atoms with van der Waals surface area (Å²) in [7, 11) is 0. The SMILES string of the molecule is O=C1C/C(=C\c2cnn3c(NC4CC4)cc(-c4ccc(C(=O)NCc5cccnc5)s4)nc23)C(=O)N1. The molecule has 36 heavy (non-hydrogen) atoms. The molecule has 0 aromatic carbocycles. The quantitative estimate of drug-likeness (QED) is 0.263. The van der Waals surface area contributed by atoms with Crippen molar-refractivity contribution in [1.82, 2.24) is 30.2 Å². The number of carbonyl (C=O) groups excluding carboxylic acids is 3. The molecular formula is C25H21N7O3S. The fraction of sp³-hybridized carbons (Fsp3) is 0.200. The van der Waals surface area contributed by atoms with Crippen LogP contribution in [0.15, 0.2) is 54.5 Å². The Balaban J connectivity index is 1.32. The molecule has 3 N–H and O–H groups in total. The number of imide groups is 1. The van der Waals surface area contributed by atoms with E-state index in [1.807, 2.05) is 24.3 Å². The summed E-state index contributed by atoms with van der Waals surface area (Å²) in [6.45, 7) is 0.392. The lowest BCUT2D eigenvalue weighted by atomic mass is 10.1. The number of hydrogen-bond acceptors (Lipinski definition) is 8.